The monoisotopic (exact) mass is 256 g/mol. The minimum atomic E-state index is -0.323. The van der Waals surface area contributed by atoms with Gasteiger partial charge in [-0.15, -0.1) is 0 Å². The molecule has 0 aliphatic heterocycles. The summed E-state index contributed by atoms with van der Waals surface area (Å²) in [4.78, 5) is 12.1. The molecule has 0 spiro atoms. The van der Waals surface area contributed by atoms with Crippen LogP contribution in [0.2, 0.25) is 0 Å². The molecule has 2 aromatic carbocycles. The number of aromatic hydroxyl groups is 1. The van der Waals surface area contributed by atoms with Gasteiger partial charge in [0.1, 0.15) is 5.75 Å². The number of nitrogens with two attached hydrogens (primary N) is 1. The predicted molar refractivity (Wildman–Crippen MR) is 75.1 cm³/mol. The molecular weight excluding hydrogens is 240 g/mol. The Labute approximate surface area is 111 Å². The number of amides is 1. The Morgan fingerprint density at radius 1 is 1.21 bits per heavy atom. The fourth-order valence-electron chi connectivity index (χ4n) is 1.87. The zero-order valence-electron chi connectivity index (χ0n) is 10.7. The van der Waals surface area contributed by atoms with Crippen LogP contribution in [0.15, 0.2) is 42.5 Å². The van der Waals surface area contributed by atoms with E-state index in [1.165, 1.54) is 6.07 Å². The van der Waals surface area contributed by atoms with Gasteiger partial charge in [-0.05, 0) is 36.2 Å². The molecule has 0 aromatic heterocycles. The topological polar surface area (TPSA) is 75.3 Å². The van der Waals surface area contributed by atoms with Crippen molar-refractivity contribution in [3.05, 3.63) is 59.2 Å². The lowest BCUT2D eigenvalue weighted by atomic mass is 10.1. The first-order valence-corrected chi connectivity index (χ1v) is 6.00. The first-order valence-electron chi connectivity index (χ1n) is 6.00. The van der Waals surface area contributed by atoms with Crippen LogP contribution in [-0.4, -0.2) is 11.0 Å². The maximum absolute atomic E-state index is 12.1. The predicted octanol–water partition coefficient (Wildman–Crippen LogP) is 2.41. The second kappa shape index (κ2) is 5.54. The van der Waals surface area contributed by atoms with Crippen LogP contribution in [0.3, 0.4) is 0 Å². The molecule has 0 aliphatic carbocycles. The highest BCUT2D eigenvalue weighted by Crippen LogP contribution is 2.21. The summed E-state index contributed by atoms with van der Waals surface area (Å²) in [6, 6.07) is 12.3. The number of aryl methyl sites for hydroxylation is 1. The Bertz CT molecular complexity index is 571. The lowest BCUT2D eigenvalue weighted by Crippen LogP contribution is -2.13. The number of carbonyl (C=O) groups is 1. The van der Waals surface area contributed by atoms with Crippen LogP contribution in [0.4, 0.5) is 5.69 Å². The van der Waals surface area contributed by atoms with Gasteiger partial charge in [-0.1, -0.05) is 24.3 Å². The zero-order chi connectivity index (χ0) is 13.8. The third kappa shape index (κ3) is 2.92. The number of phenolic OH excluding ortho intramolecular Hbond substituents is 1. The molecule has 0 saturated carbocycles. The van der Waals surface area contributed by atoms with Crippen LogP contribution in [0.1, 0.15) is 21.5 Å². The Balaban J connectivity index is 2.21. The van der Waals surface area contributed by atoms with Crippen LogP contribution in [0.25, 0.3) is 0 Å². The molecule has 0 atom stereocenters. The van der Waals surface area contributed by atoms with E-state index in [9.17, 15) is 9.90 Å². The molecule has 0 saturated heterocycles. The van der Waals surface area contributed by atoms with Gasteiger partial charge in [0.15, 0.2) is 0 Å². The highest BCUT2D eigenvalue weighted by atomic mass is 16.3. The summed E-state index contributed by atoms with van der Waals surface area (Å²) in [6.07, 6.45) is 0. The van der Waals surface area contributed by atoms with Gasteiger partial charge in [-0.3, -0.25) is 4.79 Å². The molecule has 98 valence electrons. The normalized spacial score (nSPS) is 10.2. The first kappa shape index (κ1) is 13.1. The van der Waals surface area contributed by atoms with Crippen molar-refractivity contribution in [2.45, 2.75) is 13.5 Å². The molecule has 1 amide bonds. The molecule has 2 rings (SSSR count). The van der Waals surface area contributed by atoms with Crippen LogP contribution in [0.5, 0.6) is 5.75 Å². The summed E-state index contributed by atoms with van der Waals surface area (Å²) < 4.78 is 0. The van der Waals surface area contributed by atoms with Crippen molar-refractivity contribution in [3.8, 4) is 5.75 Å². The third-order valence-electron chi connectivity index (χ3n) is 2.93. The van der Waals surface area contributed by atoms with Gasteiger partial charge in [0.05, 0.1) is 5.56 Å². The lowest BCUT2D eigenvalue weighted by Gasteiger charge is -2.09. The van der Waals surface area contributed by atoms with Gasteiger partial charge in [0, 0.05) is 12.2 Å². The number of carbonyl (C=O) groups excluding carboxylic acids is 1. The number of hydrogen-bond donors (Lipinski definition) is 3. The molecule has 4 N–H and O–H groups in total. The quantitative estimate of drug-likeness (QED) is 0.789. The highest BCUT2D eigenvalue weighted by Gasteiger charge is 2.13. The van der Waals surface area contributed by atoms with Crippen LogP contribution in [-0.2, 0) is 6.54 Å². The molecule has 19 heavy (non-hydrogen) atoms. The van der Waals surface area contributed by atoms with E-state index in [4.69, 9.17) is 5.73 Å². The van der Waals surface area contributed by atoms with Crippen molar-refractivity contribution in [2.24, 2.45) is 5.73 Å². The lowest BCUT2D eigenvalue weighted by molar-refractivity contribution is 0.102. The maximum atomic E-state index is 12.1. The summed E-state index contributed by atoms with van der Waals surface area (Å²) in [5, 5.41) is 12.5. The van der Waals surface area contributed by atoms with Gasteiger partial charge in [0.2, 0.25) is 0 Å². The summed E-state index contributed by atoms with van der Waals surface area (Å²) in [5.74, 6) is -0.341. The van der Waals surface area contributed by atoms with E-state index < -0.39 is 0 Å². The van der Waals surface area contributed by atoms with Crippen molar-refractivity contribution in [1.82, 2.24) is 0 Å². The molecule has 4 heteroatoms. The zero-order valence-corrected chi connectivity index (χ0v) is 10.7. The molecule has 0 radical (unpaired) electrons. The number of benzene rings is 2. The van der Waals surface area contributed by atoms with E-state index in [0.717, 1.165) is 11.1 Å². The Hall–Kier alpha value is -2.33. The van der Waals surface area contributed by atoms with Gasteiger partial charge in [-0.25, -0.2) is 0 Å². The summed E-state index contributed by atoms with van der Waals surface area (Å²) >= 11 is 0. The van der Waals surface area contributed by atoms with Gasteiger partial charge in [-0.2, -0.15) is 0 Å². The molecular formula is C15H16N2O2. The SMILES string of the molecule is Cc1cccc(O)c1C(=O)Nc1ccc(CN)cc1. The van der Waals surface area contributed by atoms with E-state index in [-0.39, 0.29) is 11.7 Å². The molecule has 0 aliphatic rings. The second-order valence-corrected chi connectivity index (χ2v) is 4.32. The van der Waals surface area contributed by atoms with Crippen molar-refractivity contribution < 1.29 is 9.90 Å². The maximum Gasteiger partial charge on any atom is 0.259 e. The fourth-order valence-corrected chi connectivity index (χ4v) is 1.87. The van der Waals surface area contributed by atoms with Crippen molar-refractivity contribution in [2.75, 3.05) is 5.32 Å². The minimum absolute atomic E-state index is 0.0175. The molecule has 0 unspecified atom stereocenters. The van der Waals surface area contributed by atoms with Crippen molar-refractivity contribution in [1.29, 1.82) is 0 Å². The van der Waals surface area contributed by atoms with Crippen molar-refractivity contribution >= 4 is 11.6 Å². The number of nitrogens with one attached hydrogen (secondary N) is 1. The molecule has 2 aromatic rings. The standard InChI is InChI=1S/C15H16N2O2/c1-10-3-2-4-13(18)14(10)15(19)17-12-7-5-11(9-16)6-8-12/h2-8,18H,9,16H2,1H3,(H,17,19). The summed E-state index contributed by atoms with van der Waals surface area (Å²) in [5.41, 5.74) is 8.21. The van der Waals surface area contributed by atoms with Gasteiger partial charge >= 0.3 is 0 Å². The van der Waals surface area contributed by atoms with Crippen LogP contribution in [0, 0.1) is 6.92 Å². The smallest absolute Gasteiger partial charge is 0.259 e. The van der Waals surface area contributed by atoms with E-state index in [0.29, 0.717) is 17.8 Å². The van der Waals surface area contributed by atoms with Gasteiger partial charge < -0.3 is 16.2 Å². The first-order chi connectivity index (χ1) is 9.11. The fraction of sp³-hybridized carbons (Fsp3) is 0.133. The molecule has 0 fully saturated rings. The Kier molecular flexibility index (Phi) is 3.82. The largest absolute Gasteiger partial charge is 0.507 e. The molecule has 0 heterocycles. The van der Waals surface area contributed by atoms with Crippen molar-refractivity contribution in [3.63, 3.8) is 0 Å². The van der Waals surface area contributed by atoms with E-state index in [2.05, 4.69) is 5.32 Å². The molecule has 4 nitrogen and oxygen atoms in total. The van der Waals surface area contributed by atoms with Crippen LogP contribution < -0.4 is 11.1 Å². The summed E-state index contributed by atoms with van der Waals surface area (Å²) in [6.45, 7) is 2.25. The van der Waals surface area contributed by atoms with Gasteiger partial charge in [0.25, 0.3) is 5.91 Å². The minimum Gasteiger partial charge on any atom is -0.507 e. The summed E-state index contributed by atoms with van der Waals surface area (Å²) in [7, 11) is 0. The molecule has 0 bridgehead atoms. The number of hydrogen-bond acceptors (Lipinski definition) is 3. The average molecular weight is 256 g/mol. The van der Waals surface area contributed by atoms with Crippen LogP contribution >= 0.6 is 0 Å². The second-order valence-electron chi connectivity index (χ2n) is 4.32. The number of rotatable bonds is 3. The highest BCUT2D eigenvalue weighted by molar-refractivity contribution is 6.07. The third-order valence-corrected chi connectivity index (χ3v) is 2.93. The van der Waals surface area contributed by atoms with E-state index >= 15 is 0 Å². The number of anilines is 1. The van der Waals surface area contributed by atoms with E-state index in [1.54, 1.807) is 31.2 Å². The Morgan fingerprint density at radius 3 is 2.47 bits per heavy atom. The van der Waals surface area contributed by atoms with E-state index in [1.807, 2.05) is 12.1 Å². The number of phenols is 1. The average Bonchev–Trinajstić information content (AvgIpc) is 2.39. The Morgan fingerprint density at radius 2 is 1.89 bits per heavy atom.